The fourth-order valence-corrected chi connectivity index (χ4v) is 9.30. The molecule has 2 heterocycles. The number of hydrogen-bond acceptors (Lipinski definition) is 3. The maximum absolute atomic E-state index is 6.51. The Morgan fingerprint density at radius 1 is 0.418 bits per heavy atom. The Bertz CT molecular complexity index is 3010. The second-order valence-electron chi connectivity index (χ2n) is 15.1. The van der Waals surface area contributed by atoms with Gasteiger partial charge in [0.15, 0.2) is 0 Å². The van der Waals surface area contributed by atoms with Gasteiger partial charge in [0.1, 0.15) is 22.3 Å². The summed E-state index contributed by atoms with van der Waals surface area (Å²) in [6.07, 6.45) is 4.34. The lowest BCUT2D eigenvalue weighted by molar-refractivity contribution is 0.391. The summed E-state index contributed by atoms with van der Waals surface area (Å²) in [5.74, 6) is 0.449. The van der Waals surface area contributed by atoms with Gasteiger partial charge in [-0.05, 0) is 119 Å². The van der Waals surface area contributed by atoms with Gasteiger partial charge in [-0.25, -0.2) is 0 Å². The zero-order chi connectivity index (χ0) is 36.3. The van der Waals surface area contributed by atoms with Crippen LogP contribution in [0.25, 0.3) is 76.9 Å². The quantitative estimate of drug-likeness (QED) is 0.172. The number of benzene rings is 8. The van der Waals surface area contributed by atoms with Crippen LogP contribution in [0.3, 0.4) is 0 Å². The SMILES string of the molecule is c1cc(-c2ccc(N(c3cccc4oc5ccccc5c34)C3CCC(c4cccc5c4oc4ccccc45)CC3)cc2)cc(-c2ccc3ccccc3c2)c1. The van der Waals surface area contributed by atoms with Crippen molar-refractivity contribution >= 4 is 66.0 Å². The molecule has 0 aliphatic heterocycles. The van der Waals surface area contributed by atoms with Crippen LogP contribution in [0.15, 0.2) is 185 Å². The normalized spacial score (nSPS) is 16.1. The molecular formula is C52H39NO2. The lowest BCUT2D eigenvalue weighted by atomic mass is 9.80. The molecule has 1 aliphatic carbocycles. The van der Waals surface area contributed by atoms with Gasteiger partial charge in [0.25, 0.3) is 0 Å². The molecule has 1 saturated carbocycles. The van der Waals surface area contributed by atoms with Crippen LogP contribution in [0.2, 0.25) is 0 Å². The van der Waals surface area contributed by atoms with Gasteiger partial charge in [-0.1, -0.05) is 127 Å². The predicted molar refractivity (Wildman–Crippen MR) is 229 cm³/mol. The van der Waals surface area contributed by atoms with Crippen LogP contribution in [-0.2, 0) is 0 Å². The lowest BCUT2D eigenvalue weighted by Crippen LogP contribution is -2.34. The van der Waals surface area contributed by atoms with Crippen molar-refractivity contribution in [3.8, 4) is 22.3 Å². The molecule has 0 atom stereocenters. The van der Waals surface area contributed by atoms with E-state index in [1.165, 1.54) is 66.1 Å². The van der Waals surface area contributed by atoms with Crippen molar-refractivity contribution in [2.24, 2.45) is 0 Å². The molecule has 3 nitrogen and oxygen atoms in total. The minimum absolute atomic E-state index is 0.326. The van der Waals surface area contributed by atoms with Crippen LogP contribution in [0, 0.1) is 0 Å². The fraction of sp³-hybridized carbons (Fsp3) is 0.115. The van der Waals surface area contributed by atoms with Crippen molar-refractivity contribution in [3.63, 3.8) is 0 Å². The Kier molecular flexibility index (Phi) is 7.58. The largest absolute Gasteiger partial charge is 0.456 e. The Morgan fingerprint density at radius 2 is 1.04 bits per heavy atom. The topological polar surface area (TPSA) is 29.5 Å². The van der Waals surface area contributed by atoms with Crippen LogP contribution in [0.4, 0.5) is 11.4 Å². The van der Waals surface area contributed by atoms with E-state index in [1.807, 2.05) is 0 Å². The molecule has 0 spiro atoms. The summed E-state index contributed by atoms with van der Waals surface area (Å²) in [6.45, 7) is 0. The highest BCUT2D eigenvalue weighted by Gasteiger charge is 2.31. The molecular weight excluding hydrogens is 671 g/mol. The second kappa shape index (κ2) is 13.1. The molecule has 55 heavy (non-hydrogen) atoms. The second-order valence-corrected chi connectivity index (χ2v) is 15.1. The van der Waals surface area contributed by atoms with Crippen LogP contribution in [-0.4, -0.2) is 6.04 Å². The monoisotopic (exact) mass is 709 g/mol. The fourth-order valence-electron chi connectivity index (χ4n) is 9.30. The van der Waals surface area contributed by atoms with Crippen LogP contribution in [0.5, 0.6) is 0 Å². The first-order chi connectivity index (χ1) is 27.2. The first-order valence-electron chi connectivity index (χ1n) is 19.5. The molecule has 11 rings (SSSR count). The average Bonchev–Trinajstić information content (AvgIpc) is 3.83. The molecule has 1 fully saturated rings. The summed E-state index contributed by atoms with van der Waals surface area (Å²) in [4.78, 5) is 2.61. The molecule has 0 saturated heterocycles. The van der Waals surface area contributed by atoms with E-state index in [2.05, 4.69) is 181 Å². The molecule has 10 aromatic rings. The van der Waals surface area contributed by atoms with Gasteiger partial charge in [-0.3, -0.25) is 0 Å². The maximum Gasteiger partial charge on any atom is 0.138 e. The van der Waals surface area contributed by atoms with E-state index in [-0.39, 0.29) is 0 Å². The highest BCUT2D eigenvalue weighted by atomic mass is 16.3. The third-order valence-corrected chi connectivity index (χ3v) is 12.0. The highest BCUT2D eigenvalue weighted by Crippen LogP contribution is 2.46. The van der Waals surface area contributed by atoms with Gasteiger partial charge in [0, 0.05) is 27.9 Å². The van der Waals surface area contributed by atoms with E-state index < -0.39 is 0 Å². The predicted octanol–water partition coefficient (Wildman–Crippen LogP) is 14.8. The number of rotatable bonds is 6. The van der Waals surface area contributed by atoms with Crippen LogP contribution in [0.1, 0.15) is 37.2 Å². The van der Waals surface area contributed by atoms with E-state index in [1.54, 1.807) is 0 Å². The van der Waals surface area contributed by atoms with Gasteiger partial charge < -0.3 is 13.7 Å². The first kappa shape index (κ1) is 31.9. The third kappa shape index (κ3) is 5.50. The molecule has 8 aromatic carbocycles. The van der Waals surface area contributed by atoms with E-state index in [9.17, 15) is 0 Å². The van der Waals surface area contributed by atoms with Crippen molar-refractivity contribution in [1.82, 2.24) is 0 Å². The van der Waals surface area contributed by atoms with Crippen LogP contribution < -0.4 is 4.90 Å². The zero-order valence-corrected chi connectivity index (χ0v) is 30.5. The summed E-state index contributed by atoms with van der Waals surface area (Å²) in [7, 11) is 0. The van der Waals surface area contributed by atoms with Crippen molar-refractivity contribution in [1.29, 1.82) is 0 Å². The Balaban J connectivity index is 0.952. The zero-order valence-electron chi connectivity index (χ0n) is 30.5. The summed E-state index contributed by atoms with van der Waals surface area (Å²) in [5, 5.41) is 7.28. The molecule has 2 aromatic heterocycles. The number of hydrogen-bond donors (Lipinski definition) is 0. The third-order valence-electron chi connectivity index (χ3n) is 12.0. The van der Waals surface area contributed by atoms with E-state index in [0.29, 0.717) is 12.0 Å². The molecule has 264 valence electrons. The van der Waals surface area contributed by atoms with Gasteiger partial charge in [-0.15, -0.1) is 0 Å². The van der Waals surface area contributed by atoms with E-state index in [4.69, 9.17) is 8.83 Å². The molecule has 1 aliphatic rings. The number of para-hydroxylation sites is 3. The van der Waals surface area contributed by atoms with Crippen molar-refractivity contribution in [2.45, 2.75) is 37.6 Å². The molecule has 0 amide bonds. The average molecular weight is 710 g/mol. The maximum atomic E-state index is 6.51. The lowest BCUT2D eigenvalue weighted by Gasteiger charge is -2.39. The van der Waals surface area contributed by atoms with E-state index >= 15 is 0 Å². The number of fused-ring (bicyclic) bond motifs is 7. The van der Waals surface area contributed by atoms with Gasteiger partial charge >= 0.3 is 0 Å². The smallest absolute Gasteiger partial charge is 0.138 e. The Labute approximate surface area is 320 Å². The minimum Gasteiger partial charge on any atom is -0.456 e. The standard InChI is InChI=1S/C52H39NO2/c1-2-11-37-33-40(23-22-34(37)10-1)39-13-7-12-38(32-39)35-24-28-41(29-25-35)53(47-18-9-21-50-51(47)46-15-4-6-20-49(46)54-50)42-30-26-36(27-31-42)43-16-8-17-45-44-14-3-5-19-48(44)55-52(43)45/h1-25,28-29,32-33,36,42H,26-27,30-31H2. The first-order valence-corrected chi connectivity index (χ1v) is 19.5. The molecule has 0 bridgehead atoms. The molecule has 0 N–H and O–H groups in total. The molecule has 3 heteroatoms. The highest BCUT2D eigenvalue weighted by molar-refractivity contribution is 6.12. The molecule has 0 radical (unpaired) electrons. The number of nitrogens with zero attached hydrogens (tertiary/aromatic N) is 1. The van der Waals surface area contributed by atoms with Crippen molar-refractivity contribution < 1.29 is 8.83 Å². The summed E-state index contributed by atoms with van der Waals surface area (Å²) in [5.41, 5.74) is 12.5. The minimum atomic E-state index is 0.326. The molecule has 0 unspecified atom stereocenters. The van der Waals surface area contributed by atoms with E-state index in [0.717, 1.165) is 53.4 Å². The van der Waals surface area contributed by atoms with Crippen molar-refractivity contribution in [3.05, 3.63) is 181 Å². The van der Waals surface area contributed by atoms with Crippen molar-refractivity contribution in [2.75, 3.05) is 4.90 Å². The van der Waals surface area contributed by atoms with Gasteiger partial charge in [0.05, 0.1) is 11.1 Å². The Morgan fingerprint density at radius 3 is 1.87 bits per heavy atom. The Hall–Kier alpha value is -6.58. The number of anilines is 2. The van der Waals surface area contributed by atoms with Crippen LogP contribution >= 0.6 is 0 Å². The van der Waals surface area contributed by atoms with Gasteiger partial charge in [0.2, 0.25) is 0 Å². The van der Waals surface area contributed by atoms with Gasteiger partial charge in [-0.2, -0.15) is 0 Å². The summed E-state index contributed by atoms with van der Waals surface area (Å²) < 4.78 is 12.9. The summed E-state index contributed by atoms with van der Waals surface area (Å²) >= 11 is 0. The number of furan rings is 2. The summed E-state index contributed by atoms with van der Waals surface area (Å²) in [6, 6.07) is 63.9.